The molecule has 7 heteroatoms. The average Bonchev–Trinajstić information content (AvgIpc) is 2.84. The first-order chi connectivity index (χ1) is 9.62. The smallest absolute Gasteiger partial charge is 0.320 e. The Bertz CT molecular complexity index is 339. The highest BCUT2D eigenvalue weighted by molar-refractivity contribution is 5.71. The summed E-state index contributed by atoms with van der Waals surface area (Å²) in [4.78, 5) is 13.5. The molecule has 0 aromatic carbocycles. The van der Waals surface area contributed by atoms with Crippen molar-refractivity contribution in [1.29, 1.82) is 0 Å². The second kappa shape index (κ2) is 6.82. The number of aliphatic hydroxyl groups is 2. The number of methoxy groups -OCH3 is 1. The summed E-state index contributed by atoms with van der Waals surface area (Å²) in [6.45, 7) is 2.70. The van der Waals surface area contributed by atoms with Crippen molar-refractivity contribution in [2.75, 3.05) is 33.4 Å². The minimum absolute atomic E-state index is 0.0692. The van der Waals surface area contributed by atoms with Gasteiger partial charge in [-0.05, 0) is 19.9 Å². The summed E-state index contributed by atoms with van der Waals surface area (Å²) in [6, 6.07) is -0.192. The number of likely N-dealkylation sites (tertiary alicyclic amines) is 1. The summed E-state index contributed by atoms with van der Waals surface area (Å²) in [6.07, 6.45) is -1.20. The monoisotopic (exact) mass is 289 g/mol. The maximum atomic E-state index is 11.6. The fourth-order valence-electron chi connectivity index (χ4n) is 3.16. The fourth-order valence-corrected chi connectivity index (χ4v) is 3.16. The molecule has 2 heterocycles. The molecule has 0 aromatic heterocycles. The van der Waals surface area contributed by atoms with Gasteiger partial charge >= 0.3 is 5.97 Å². The van der Waals surface area contributed by atoms with E-state index in [1.54, 1.807) is 6.92 Å². The Kier molecular flexibility index (Phi) is 5.34. The van der Waals surface area contributed by atoms with Crippen LogP contribution in [0.25, 0.3) is 0 Å². The number of hydrogen-bond acceptors (Lipinski definition) is 7. The normalized spacial score (nSPS) is 37.7. The number of fused-ring (bicyclic) bond motifs is 1. The molecule has 2 aliphatic heterocycles. The molecule has 2 aliphatic rings. The molecule has 2 N–H and O–H groups in total. The van der Waals surface area contributed by atoms with E-state index < -0.39 is 18.5 Å². The highest BCUT2D eigenvalue weighted by Gasteiger charge is 2.51. The van der Waals surface area contributed by atoms with Gasteiger partial charge in [-0.1, -0.05) is 0 Å². The zero-order chi connectivity index (χ0) is 14.7. The molecule has 0 bridgehead atoms. The lowest BCUT2D eigenvalue weighted by molar-refractivity contribution is -0.257. The van der Waals surface area contributed by atoms with E-state index in [4.69, 9.17) is 14.2 Å². The van der Waals surface area contributed by atoms with Crippen LogP contribution in [0.2, 0.25) is 0 Å². The predicted octanol–water partition coefficient (Wildman–Crippen LogP) is -1.04. The number of aliphatic hydroxyl groups excluding tert-OH is 2. The first-order valence-corrected chi connectivity index (χ1v) is 6.99. The average molecular weight is 289 g/mol. The van der Waals surface area contributed by atoms with Crippen LogP contribution in [-0.4, -0.2) is 79.0 Å². The van der Waals surface area contributed by atoms with E-state index in [9.17, 15) is 15.0 Å². The Morgan fingerprint density at radius 2 is 2.25 bits per heavy atom. The Labute approximate surface area is 118 Å². The lowest BCUT2D eigenvalue weighted by atomic mass is 9.87. The van der Waals surface area contributed by atoms with Crippen molar-refractivity contribution in [3.63, 3.8) is 0 Å². The minimum Gasteiger partial charge on any atom is -0.465 e. The Morgan fingerprint density at radius 1 is 1.50 bits per heavy atom. The van der Waals surface area contributed by atoms with Gasteiger partial charge in [-0.3, -0.25) is 9.69 Å². The fraction of sp³-hybridized carbons (Fsp3) is 0.923. The lowest BCUT2D eigenvalue weighted by Crippen LogP contribution is -2.58. The zero-order valence-corrected chi connectivity index (χ0v) is 11.9. The van der Waals surface area contributed by atoms with Gasteiger partial charge in [0.05, 0.1) is 31.9 Å². The molecule has 0 aromatic rings. The SMILES string of the molecule is CCOC(=O)CN1CC[C@H]2[C@H](O)[C@@H](CO)O[C@H](OC)[C@H]21. The molecule has 0 unspecified atom stereocenters. The van der Waals surface area contributed by atoms with Gasteiger partial charge < -0.3 is 24.4 Å². The van der Waals surface area contributed by atoms with Crippen LogP contribution < -0.4 is 0 Å². The van der Waals surface area contributed by atoms with E-state index in [0.29, 0.717) is 13.2 Å². The third-order valence-corrected chi connectivity index (χ3v) is 4.07. The molecule has 0 aliphatic carbocycles. The van der Waals surface area contributed by atoms with Crippen LogP contribution in [0.15, 0.2) is 0 Å². The van der Waals surface area contributed by atoms with Gasteiger partial charge in [0.25, 0.3) is 0 Å². The van der Waals surface area contributed by atoms with Crippen LogP contribution in [0, 0.1) is 5.92 Å². The van der Waals surface area contributed by atoms with Crippen LogP contribution in [0.1, 0.15) is 13.3 Å². The van der Waals surface area contributed by atoms with Gasteiger partial charge in [-0.25, -0.2) is 0 Å². The van der Waals surface area contributed by atoms with Crippen molar-refractivity contribution in [3.05, 3.63) is 0 Å². The van der Waals surface area contributed by atoms with Crippen LogP contribution in [-0.2, 0) is 19.0 Å². The summed E-state index contributed by atoms with van der Waals surface area (Å²) in [5, 5.41) is 19.5. The van der Waals surface area contributed by atoms with Crippen molar-refractivity contribution in [2.24, 2.45) is 5.92 Å². The molecular weight excluding hydrogens is 266 g/mol. The number of carbonyl (C=O) groups is 1. The number of nitrogens with zero attached hydrogens (tertiary/aromatic N) is 1. The highest BCUT2D eigenvalue weighted by Crippen LogP contribution is 2.37. The Morgan fingerprint density at radius 3 is 2.85 bits per heavy atom. The molecular formula is C13H23NO6. The van der Waals surface area contributed by atoms with Crippen molar-refractivity contribution < 1.29 is 29.2 Å². The summed E-state index contributed by atoms with van der Waals surface area (Å²) < 4.78 is 15.8. The zero-order valence-electron chi connectivity index (χ0n) is 11.9. The summed E-state index contributed by atoms with van der Waals surface area (Å²) in [5.41, 5.74) is 0. The quantitative estimate of drug-likeness (QED) is 0.625. The van der Waals surface area contributed by atoms with E-state index >= 15 is 0 Å². The standard InChI is InChI=1S/C13H23NO6/c1-3-19-10(16)6-14-5-4-8-11(14)13(18-2)20-9(7-15)12(8)17/h8-9,11-13,15,17H,3-7H2,1-2H3/t8-,9-,11+,12+,13+/m1/s1. The van der Waals surface area contributed by atoms with Gasteiger partial charge in [0, 0.05) is 13.0 Å². The molecule has 5 atom stereocenters. The van der Waals surface area contributed by atoms with Crippen LogP contribution in [0.5, 0.6) is 0 Å². The molecule has 7 nitrogen and oxygen atoms in total. The maximum Gasteiger partial charge on any atom is 0.320 e. The first kappa shape index (κ1) is 15.7. The lowest BCUT2D eigenvalue weighted by Gasteiger charge is -2.43. The highest BCUT2D eigenvalue weighted by atomic mass is 16.7. The van der Waals surface area contributed by atoms with E-state index in [1.165, 1.54) is 7.11 Å². The largest absolute Gasteiger partial charge is 0.465 e. The van der Waals surface area contributed by atoms with E-state index in [0.717, 1.165) is 6.42 Å². The van der Waals surface area contributed by atoms with E-state index in [2.05, 4.69) is 0 Å². The topological polar surface area (TPSA) is 88.5 Å². The molecule has 0 amide bonds. The van der Waals surface area contributed by atoms with Crippen molar-refractivity contribution >= 4 is 5.97 Å². The summed E-state index contributed by atoms with van der Waals surface area (Å²) in [7, 11) is 1.52. The number of rotatable bonds is 5. The van der Waals surface area contributed by atoms with Gasteiger partial charge in [0.2, 0.25) is 0 Å². The number of esters is 1. The summed E-state index contributed by atoms with van der Waals surface area (Å²) in [5.74, 6) is -0.359. The third-order valence-electron chi connectivity index (χ3n) is 4.07. The molecule has 116 valence electrons. The van der Waals surface area contributed by atoms with Crippen LogP contribution in [0.4, 0.5) is 0 Å². The third kappa shape index (κ3) is 2.96. The second-order valence-corrected chi connectivity index (χ2v) is 5.17. The van der Waals surface area contributed by atoms with Gasteiger partial charge in [-0.15, -0.1) is 0 Å². The minimum atomic E-state index is -0.747. The van der Waals surface area contributed by atoms with Gasteiger partial charge in [0.1, 0.15) is 6.10 Å². The van der Waals surface area contributed by atoms with Gasteiger partial charge in [-0.2, -0.15) is 0 Å². The second-order valence-electron chi connectivity index (χ2n) is 5.17. The number of carbonyl (C=O) groups excluding carboxylic acids is 1. The molecule has 0 saturated carbocycles. The van der Waals surface area contributed by atoms with Crippen LogP contribution in [0.3, 0.4) is 0 Å². The first-order valence-electron chi connectivity index (χ1n) is 6.99. The Hall–Kier alpha value is -0.730. The Balaban J connectivity index is 2.07. The number of ether oxygens (including phenoxy) is 3. The van der Waals surface area contributed by atoms with E-state index in [-0.39, 0.29) is 31.1 Å². The molecule has 2 rings (SSSR count). The van der Waals surface area contributed by atoms with E-state index in [1.807, 2.05) is 4.90 Å². The van der Waals surface area contributed by atoms with Crippen molar-refractivity contribution in [1.82, 2.24) is 4.90 Å². The van der Waals surface area contributed by atoms with Crippen molar-refractivity contribution in [2.45, 2.75) is 37.9 Å². The molecule has 0 spiro atoms. The summed E-state index contributed by atoms with van der Waals surface area (Å²) >= 11 is 0. The maximum absolute atomic E-state index is 11.6. The molecule has 20 heavy (non-hydrogen) atoms. The predicted molar refractivity (Wildman–Crippen MR) is 68.9 cm³/mol. The number of hydrogen-bond donors (Lipinski definition) is 2. The molecule has 2 saturated heterocycles. The molecule has 2 fully saturated rings. The molecule has 0 radical (unpaired) electrons. The van der Waals surface area contributed by atoms with Gasteiger partial charge in [0.15, 0.2) is 6.29 Å². The van der Waals surface area contributed by atoms with Crippen LogP contribution >= 0.6 is 0 Å². The van der Waals surface area contributed by atoms with Crippen molar-refractivity contribution in [3.8, 4) is 0 Å².